The molecule has 5 N–H and O–H groups in total. The molecular weight excluding hydrogens is 532 g/mol. The van der Waals surface area contributed by atoms with Gasteiger partial charge in [0.15, 0.2) is 17.4 Å². The van der Waals surface area contributed by atoms with E-state index in [0.29, 0.717) is 12.1 Å². The number of aromatic nitrogens is 3. The molecule has 0 aliphatic heterocycles. The van der Waals surface area contributed by atoms with Gasteiger partial charge in [-0.2, -0.15) is 4.39 Å². The highest BCUT2D eigenvalue weighted by atomic mass is 32.2. The predicted octanol–water partition coefficient (Wildman–Crippen LogP) is 3.51. The van der Waals surface area contributed by atoms with E-state index in [1.54, 1.807) is 4.72 Å². The van der Waals surface area contributed by atoms with Gasteiger partial charge in [-0.15, -0.1) is 0 Å². The number of sulfonamides is 1. The highest BCUT2D eigenvalue weighted by molar-refractivity contribution is 7.91. The number of carbonyl (C=O) groups excluding carboxylic acids is 1. The number of primary amides is 1. The van der Waals surface area contributed by atoms with Crippen LogP contribution in [-0.2, 0) is 15.8 Å². The Hall–Kier alpha value is -4.79. The van der Waals surface area contributed by atoms with Crippen LogP contribution >= 0.6 is 0 Å². The Labute approximate surface area is 212 Å². The molecule has 4 rings (SSSR count). The van der Waals surface area contributed by atoms with E-state index in [-0.39, 0.29) is 28.6 Å². The van der Waals surface area contributed by atoms with Crippen LogP contribution in [0.3, 0.4) is 0 Å². The van der Waals surface area contributed by atoms with E-state index in [0.717, 1.165) is 12.1 Å². The Morgan fingerprint density at radius 2 is 1.74 bits per heavy atom. The largest absolute Gasteiger partial charge is 0.435 e. The van der Waals surface area contributed by atoms with Crippen LogP contribution in [0.25, 0.3) is 11.3 Å². The summed E-state index contributed by atoms with van der Waals surface area (Å²) in [6, 6.07) is 7.58. The summed E-state index contributed by atoms with van der Waals surface area (Å²) in [5.74, 6) is -9.63. The van der Waals surface area contributed by atoms with E-state index in [4.69, 9.17) is 16.2 Å². The van der Waals surface area contributed by atoms with Gasteiger partial charge in [0.05, 0.1) is 17.0 Å². The van der Waals surface area contributed by atoms with Crippen LogP contribution in [-0.4, -0.2) is 29.3 Å². The van der Waals surface area contributed by atoms with Gasteiger partial charge >= 0.3 is 0 Å². The molecule has 0 atom stereocenters. The summed E-state index contributed by atoms with van der Waals surface area (Å²) in [6.07, 6.45) is 2.61. The molecular formula is C23H16F4N6O4S. The van der Waals surface area contributed by atoms with E-state index >= 15 is 0 Å². The van der Waals surface area contributed by atoms with Crippen molar-refractivity contribution in [3.05, 3.63) is 89.3 Å². The maximum atomic E-state index is 14.8. The normalized spacial score (nSPS) is 11.3. The van der Waals surface area contributed by atoms with Crippen LogP contribution in [0.5, 0.6) is 11.6 Å². The number of hydrogen-bond donors (Lipinski definition) is 3. The number of nitrogens with two attached hydrogens (primary N) is 2. The van der Waals surface area contributed by atoms with Gasteiger partial charge in [0.2, 0.25) is 33.6 Å². The number of halogens is 4. The minimum Gasteiger partial charge on any atom is -0.435 e. The van der Waals surface area contributed by atoms with Crippen molar-refractivity contribution in [1.29, 1.82) is 0 Å². The van der Waals surface area contributed by atoms with E-state index in [1.807, 2.05) is 0 Å². The van der Waals surface area contributed by atoms with Gasteiger partial charge in [-0.25, -0.2) is 36.5 Å². The summed E-state index contributed by atoms with van der Waals surface area (Å²) in [5.41, 5.74) is 9.01. The van der Waals surface area contributed by atoms with Crippen LogP contribution in [0.4, 0.5) is 29.2 Å². The molecule has 0 unspecified atom stereocenters. The fraction of sp³-hybridized carbons (Fsp3) is 0.0435. The number of benzene rings is 2. The first kappa shape index (κ1) is 26.3. The van der Waals surface area contributed by atoms with Crippen molar-refractivity contribution in [1.82, 2.24) is 15.0 Å². The molecule has 2 aromatic carbocycles. The zero-order valence-corrected chi connectivity index (χ0v) is 19.8. The molecule has 2 aromatic heterocycles. The van der Waals surface area contributed by atoms with E-state index in [1.165, 1.54) is 30.6 Å². The first-order valence-electron chi connectivity index (χ1n) is 10.4. The number of nitrogens with one attached hydrogen (secondary N) is 1. The number of nitrogens with zero attached hydrogens (tertiary/aromatic N) is 3. The van der Waals surface area contributed by atoms with Crippen molar-refractivity contribution < 1.29 is 35.5 Å². The Morgan fingerprint density at radius 3 is 2.42 bits per heavy atom. The van der Waals surface area contributed by atoms with Crippen molar-refractivity contribution in [2.24, 2.45) is 5.73 Å². The number of carbonyl (C=O) groups is 1. The number of ether oxygens (including phenoxy) is 1. The SMILES string of the molecule is NC(=O)c1ccc(CS(=O)(=O)Nc2c(F)cc(Oc3ncccc3-c3ccnc(N)n3)c(F)c2F)c(F)c1. The van der Waals surface area contributed by atoms with Crippen LogP contribution in [0.2, 0.25) is 0 Å². The first-order valence-corrected chi connectivity index (χ1v) is 12.1. The second kappa shape index (κ2) is 10.3. The molecule has 0 spiro atoms. The molecule has 0 saturated heterocycles. The number of pyridine rings is 1. The molecule has 38 heavy (non-hydrogen) atoms. The Balaban J connectivity index is 1.62. The summed E-state index contributed by atoms with van der Waals surface area (Å²) < 4.78 is 90.4. The van der Waals surface area contributed by atoms with E-state index < -0.39 is 62.0 Å². The van der Waals surface area contributed by atoms with Gasteiger partial charge in [-0.1, -0.05) is 6.07 Å². The fourth-order valence-electron chi connectivity index (χ4n) is 3.25. The summed E-state index contributed by atoms with van der Waals surface area (Å²) >= 11 is 0. The van der Waals surface area contributed by atoms with Gasteiger partial charge in [0.1, 0.15) is 11.5 Å². The maximum absolute atomic E-state index is 14.8. The molecule has 0 aliphatic carbocycles. The van der Waals surface area contributed by atoms with Crippen LogP contribution in [0.1, 0.15) is 15.9 Å². The van der Waals surface area contributed by atoms with Gasteiger partial charge < -0.3 is 16.2 Å². The van der Waals surface area contributed by atoms with Crippen LogP contribution in [0.15, 0.2) is 54.9 Å². The molecule has 10 nitrogen and oxygen atoms in total. The summed E-state index contributed by atoms with van der Waals surface area (Å²) in [5, 5.41) is 0. The second-order valence-electron chi connectivity index (χ2n) is 7.65. The minimum absolute atomic E-state index is 0.0825. The standard InChI is InChI=1S/C23H16F4N6O4S/c24-14-8-11(21(28)34)3-4-12(14)10-38(35,36)33-20-15(25)9-17(18(26)19(20)27)37-22-13(2-1-6-30-22)16-5-7-31-23(29)32-16/h1-9,33H,10H2,(H2,28,34)(H2,29,31,32). The Morgan fingerprint density at radius 1 is 0.974 bits per heavy atom. The zero-order valence-electron chi connectivity index (χ0n) is 19.0. The monoisotopic (exact) mass is 548 g/mol. The van der Waals surface area contributed by atoms with Gasteiger partial charge in [-0.3, -0.25) is 9.52 Å². The summed E-state index contributed by atoms with van der Waals surface area (Å²) in [4.78, 5) is 22.8. The van der Waals surface area contributed by atoms with Crippen molar-refractivity contribution in [3.63, 3.8) is 0 Å². The lowest BCUT2D eigenvalue weighted by atomic mass is 10.1. The van der Waals surface area contributed by atoms with E-state index in [9.17, 15) is 30.8 Å². The van der Waals surface area contributed by atoms with Gasteiger partial charge in [0.25, 0.3) is 0 Å². The summed E-state index contributed by atoms with van der Waals surface area (Å²) in [6.45, 7) is 0. The molecule has 0 radical (unpaired) electrons. The third-order valence-electron chi connectivity index (χ3n) is 4.99. The number of nitrogen functional groups attached to an aromatic ring is 1. The van der Waals surface area contributed by atoms with Crippen molar-refractivity contribution in [3.8, 4) is 22.9 Å². The van der Waals surface area contributed by atoms with Crippen LogP contribution < -0.4 is 20.9 Å². The lowest BCUT2D eigenvalue weighted by Gasteiger charge is -2.14. The Bertz CT molecular complexity index is 1670. The van der Waals surface area contributed by atoms with Gasteiger partial charge in [0, 0.05) is 29.6 Å². The molecule has 0 aliphatic rings. The highest BCUT2D eigenvalue weighted by Gasteiger charge is 2.26. The smallest absolute Gasteiger partial charge is 0.248 e. The number of amides is 1. The number of hydrogen-bond acceptors (Lipinski definition) is 8. The summed E-state index contributed by atoms with van der Waals surface area (Å²) in [7, 11) is -4.66. The number of rotatable bonds is 8. The minimum atomic E-state index is -4.66. The second-order valence-corrected chi connectivity index (χ2v) is 9.37. The average molecular weight is 548 g/mol. The quantitative estimate of drug-likeness (QED) is 0.222. The van der Waals surface area contributed by atoms with Crippen LogP contribution in [0, 0.1) is 23.3 Å². The molecule has 2 heterocycles. The lowest BCUT2D eigenvalue weighted by molar-refractivity contribution is 0.1000. The van der Waals surface area contributed by atoms with Gasteiger partial charge in [-0.05, 0) is 30.3 Å². The molecule has 0 fully saturated rings. The predicted molar refractivity (Wildman–Crippen MR) is 127 cm³/mol. The fourth-order valence-corrected chi connectivity index (χ4v) is 4.46. The molecule has 4 aromatic rings. The zero-order chi connectivity index (χ0) is 27.6. The molecule has 0 saturated carbocycles. The first-order chi connectivity index (χ1) is 17.9. The molecule has 15 heteroatoms. The highest BCUT2D eigenvalue weighted by Crippen LogP contribution is 2.35. The van der Waals surface area contributed by atoms with Crippen molar-refractivity contribution in [2.75, 3.05) is 10.5 Å². The topological polar surface area (TPSA) is 163 Å². The average Bonchev–Trinajstić information content (AvgIpc) is 2.86. The lowest BCUT2D eigenvalue weighted by Crippen LogP contribution is -2.19. The van der Waals surface area contributed by atoms with Crippen molar-refractivity contribution in [2.45, 2.75) is 5.75 Å². The third-order valence-corrected chi connectivity index (χ3v) is 6.20. The molecule has 196 valence electrons. The molecule has 1 amide bonds. The van der Waals surface area contributed by atoms with Crippen molar-refractivity contribution >= 4 is 27.6 Å². The van der Waals surface area contributed by atoms with E-state index in [2.05, 4.69) is 15.0 Å². The maximum Gasteiger partial charge on any atom is 0.248 e. The number of anilines is 2. The molecule has 0 bridgehead atoms. The Kier molecular flexibility index (Phi) is 7.12. The third kappa shape index (κ3) is 5.62.